The Balaban J connectivity index is 1.60. The number of aryl methyl sites for hydroxylation is 1. The molecule has 0 spiro atoms. The maximum absolute atomic E-state index is 13.6. The monoisotopic (exact) mass is 556 g/mol. The van der Waals surface area contributed by atoms with Gasteiger partial charge in [0.2, 0.25) is 5.91 Å². The first kappa shape index (κ1) is 25.7. The summed E-state index contributed by atoms with van der Waals surface area (Å²) in [6, 6.07) is 12.4. The summed E-state index contributed by atoms with van der Waals surface area (Å²) in [6.07, 6.45) is -3.56. The Kier molecular flexibility index (Phi) is 6.18. The molecule has 0 atom stereocenters. The van der Waals surface area contributed by atoms with Crippen LogP contribution < -0.4 is 16.7 Å². The molecule has 198 valence electrons. The largest absolute Gasteiger partial charge is 0.435 e. The van der Waals surface area contributed by atoms with Crippen molar-refractivity contribution in [2.75, 3.05) is 5.32 Å². The number of benzene rings is 2. The number of alkyl halides is 3. The second kappa shape index (κ2) is 9.40. The molecule has 0 fully saturated rings. The summed E-state index contributed by atoms with van der Waals surface area (Å²) >= 11 is 6.55. The van der Waals surface area contributed by atoms with Crippen LogP contribution in [0, 0.1) is 0 Å². The van der Waals surface area contributed by atoms with E-state index in [1.165, 1.54) is 42.2 Å². The fraction of sp³-hybridized carbons (Fsp3) is 0.0833. The zero-order chi connectivity index (χ0) is 28.1. The van der Waals surface area contributed by atoms with E-state index in [1.54, 1.807) is 24.3 Å². The molecule has 15 heteroatoms. The lowest BCUT2D eigenvalue weighted by Crippen LogP contribution is -2.21. The minimum absolute atomic E-state index is 0.0540. The Bertz CT molecular complexity index is 1820. The van der Waals surface area contributed by atoms with E-state index in [1.807, 2.05) is 0 Å². The molecule has 0 saturated carbocycles. The summed E-state index contributed by atoms with van der Waals surface area (Å²) in [4.78, 5) is 36.8. The quantitative estimate of drug-likeness (QED) is 0.340. The van der Waals surface area contributed by atoms with E-state index < -0.39 is 29.2 Å². The summed E-state index contributed by atoms with van der Waals surface area (Å²) in [5.74, 6) is -1.70. The van der Waals surface area contributed by atoms with Crippen molar-refractivity contribution in [1.82, 2.24) is 29.2 Å². The van der Waals surface area contributed by atoms with Gasteiger partial charge in [0.05, 0.1) is 16.3 Å². The van der Waals surface area contributed by atoms with Crippen LogP contribution in [-0.2, 0) is 13.2 Å². The number of hydrogen-bond donors (Lipinski definition) is 2. The predicted octanol–water partition coefficient (Wildman–Crippen LogP) is 3.30. The van der Waals surface area contributed by atoms with Gasteiger partial charge in [0.1, 0.15) is 17.5 Å². The number of hydrogen-bond acceptors (Lipinski definition) is 6. The summed E-state index contributed by atoms with van der Waals surface area (Å²) in [5.41, 5.74) is 4.02. The zero-order valence-electron chi connectivity index (χ0n) is 19.8. The van der Waals surface area contributed by atoms with Gasteiger partial charge in [0, 0.05) is 23.9 Å². The highest BCUT2D eigenvalue weighted by atomic mass is 35.5. The Hall–Kier alpha value is -4.98. The molecule has 0 radical (unpaired) electrons. The van der Waals surface area contributed by atoms with Gasteiger partial charge in [-0.05, 0) is 36.4 Å². The maximum Gasteiger partial charge on any atom is 0.435 e. The van der Waals surface area contributed by atoms with Crippen molar-refractivity contribution >= 4 is 34.6 Å². The smallest absolute Gasteiger partial charge is 0.366 e. The third kappa shape index (κ3) is 4.72. The second-order valence-corrected chi connectivity index (χ2v) is 8.67. The number of halogens is 4. The van der Waals surface area contributed by atoms with Crippen molar-refractivity contribution in [3.05, 3.63) is 93.3 Å². The number of fused-ring (bicyclic) bond motifs is 1. The number of nitrogens with one attached hydrogen (secondary N) is 1. The van der Waals surface area contributed by atoms with Crippen molar-refractivity contribution in [2.45, 2.75) is 6.18 Å². The lowest BCUT2D eigenvalue weighted by Gasteiger charge is -2.11. The van der Waals surface area contributed by atoms with E-state index in [-0.39, 0.29) is 33.2 Å². The van der Waals surface area contributed by atoms with Crippen molar-refractivity contribution in [1.29, 1.82) is 0 Å². The van der Waals surface area contributed by atoms with Crippen LogP contribution in [0.5, 0.6) is 0 Å². The number of carbonyl (C=O) groups is 2. The van der Waals surface area contributed by atoms with E-state index in [0.717, 1.165) is 4.68 Å². The minimum Gasteiger partial charge on any atom is -0.366 e. The van der Waals surface area contributed by atoms with Gasteiger partial charge in [0.15, 0.2) is 5.69 Å². The first-order valence-electron chi connectivity index (χ1n) is 11.0. The lowest BCUT2D eigenvalue weighted by atomic mass is 10.1. The van der Waals surface area contributed by atoms with Gasteiger partial charge in [0.25, 0.3) is 5.91 Å². The molecule has 3 N–H and O–H groups in total. The van der Waals surface area contributed by atoms with Crippen molar-refractivity contribution in [3.63, 3.8) is 0 Å². The molecule has 3 heterocycles. The third-order valence-electron chi connectivity index (χ3n) is 5.73. The topological polar surface area (TPSA) is 142 Å². The van der Waals surface area contributed by atoms with E-state index in [4.69, 9.17) is 17.3 Å². The number of nitrogens with two attached hydrogens (primary N) is 1. The molecule has 0 aliphatic heterocycles. The number of rotatable bonds is 5. The Morgan fingerprint density at radius 2 is 1.77 bits per heavy atom. The van der Waals surface area contributed by atoms with Crippen LogP contribution in [0.15, 0.2) is 65.7 Å². The molecule has 0 aliphatic carbocycles. The molecule has 39 heavy (non-hydrogen) atoms. The molecule has 0 unspecified atom stereocenters. The van der Waals surface area contributed by atoms with Gasteiger partial charge in [-0.15, -0.1) is 14.8 Å². The normalized spacial score (nSPS) is 11.6. The molecule has 3 aromatic heterocycles. The fourth-order valence-electron chi connectivity index (χ4n) is 3.81. The maximum atomic E-state index is 13.6. The van der Waals surface area contributed by atoms with Gasteiger partial charge in [-0.25, -0.2) is 14.0 Å². The van der Waals surface area contributed by atoms with Crippen molar-refractivity contribution < 1.29 is 22.8 Å². The van der Waals surface area contributed by atoms with Crippen LogP contribution in [0.25, 0.3) is 22.5 Å². The summed E-state index contributed by atoms with van der Waals surface area (Å²) in [5, 5.41) is 13.8. The first-order chi connectivity index (χ1) is 18.4. The van der Waals surface area contributed by atoms with Crippen LogP contribution >= 0.6 is 11.6 Å². The van der Waals surface area contributed by atoms with E-state index in [0.29, 0.717) is 21.9 Å². The standard InChI is InChI=1S/C24H16ClF3N8O3/c1-34-23(39)35(11-30-34)15-7-5-12(6-8-15)19-18(25)20-16(10-17(24(26,27)28)32-36(20)33-19)22(38)31-14-4-2-3-13(9-14)21(29)37/h2-11H,1H3,(H2,29,37)(H,31,38). The molecule has 0 bridgehead atoms. The highest BCUT2D eigenvalue weighted by molar-refractivity contribution is 6.37. The van der Waals surface area contributed by atoms with Crippen molar-refractivity contribution in [2.24, 2.45) is 12.8 Å². The summed E-state index contributed by atoms with van der Waals surface area (Å²) in [6.45, 7) is 0. The van der Waals surface area contributed by atoms with Gasteiger partial charge >= 0.3 is 11.9 Å². The number of carbonyl (C=O) groups excluding carboxylic acids is 2. The zero-order valence-corrected chi connectivity index (χ0v) is 20.5. The minimum atomic E-state index is -4.90. The first-order valence-corrected chi connectivity index (χ1v) is 11.4. The van der Waals surface area contributed by atoms with Gasteiger partial charge in [-0.1, -0.05) is 29.8 Å². The van der Waals surface area contributed by atoms with E-state index in [9.17, 15) is 27.6 Å². The molecule has 5 aromatic rings. The Labute approximate surface area is 221 Å². The number of nitrogens with zero attached hydrogens (tertiary/aromatic N) is 6. The number of primary amides is 1. The molecular weight excluding hydrogens is 541 g/mol. The molecule has 0 aliphatic rings. The van der Waals surface area contributed by atoms with Gasteiger partial charge in [-0.3, -0.25) is 9.59 Å². The summed E-state index contributed by atoms with van der Waals surface area (Å²) in [7, 11) is 1.49. The van der Waals surface area contributed by atoms with E-state index >= 15 is 0 Å². The SMILES string of the molecule is Cn1ncn(-c2ccc(-c3nn4nc(C(F)(F)F)cc(C(=O)Nc5cccc(C(N)=O)c5)c4c3Cl)cc2)c1=O. The van der Waals surface area contributed by atoms with Gasteiger partial charge < -0.3 is 11.1 Å². The Morgan fingerprint density at radius 3 is 2.38 bits per heavy atom. The predicted molar refractivity (Wildman–Crippen MR) is 134 cm³/mol. The fourth-order valence-corrected chi connectivity index (χ4v) is 4.13. The van der Waals surface area contributed by atoms with Crippen LogP contribution in [0.4, 0.5) is 18.9 Å². The van der Waals surface area contributed by atoms with Crippen molar-refractivity contribution in [3.8, 4) is 16.9 Å². The Morgan fingerprint density at radius 1 is 1.05 bits per heavy atom. The van der Waals surface area contributed by atoms with Crippen LogP contribution in [0.2, 0.25) is 5.02 Å². The molecule has 5 rings (SSSR count). The third-order valence-corrected chi connectivity index (χ3v) is 6.09. The van der Waals surface area contributed by atoms with Gasteiger partial charge in [-0.2, -0.15) is 18.3 Å². The highest BCUT2D eigenvalue weighted by Crippen LogP contribution is 2.35. The molecular formula is C24H16ClF3N8O3. The number of aromatic nitrogens is 6. The highest BCUT2D eigenvalue weighted by Gasteiger charge is 2.36. The average Bonchev–Trinajstić information content (AvgIpc) is 3.41. The summed E-state index contributed by atoms with van der Waals surface area (Å²) < 4.78 is 44.0. The lowest BCUT2D eigenvalue weighted by molar-refractivity contribution is -0.142. The van der Waals surface area contributed by atoms with E-state index in [2.05, 4.69) is 20.6 Å². The number of amides is 2. The molecule has 2 amide bonds. The van der Waals surface area contributed by atoms with Crippen LogP contribution in [0.1, 0.15) is 26.4 Å². The molecule has 2 aromatic carbocycles. The second-order valence-electron chi connectivity index (χ2n) is 8.29. The molecule has 0 saturated heterocycles. The van der Waals surface area contributed by atoms with Crippen LogP contribution in [0.3, 0.4) is 0 Å². The average molecular weight is 557 g/mol. The van der Waals surface area contributed by atoms with Crippen LogP contribution in [-0.4, -0.2) is 41.0 Å². The number of anilines is 1. The molecule has 11 nitrogen and oxygen atoms in total.